The van der Waals surface area contributed by atoms with Crippen molar-refractivity contribution >= 4 is 17.5 Å². The maximum absolute atomic E-state index is 12.7. The Kier molecular flexibility index (Phi) is 6.87. The number of nitrogens with zero attached hydrogens (tertiary/aromatic N) is 2. The van der Waals surface area contributed by atoms with Gasteiger partial charge in [-0.15, -0.1) is 0 Å². The van der Waals surface area contributed by atoms with Crippen molar-refractivity contribution in [3.8, 4) is 5.75 Å². The minimum absolute atomic E-state index is 0.0303. The zero-order valence-corrected chi connectivity index (χ0v) is 18.2. The number of nitrogens with one attached hydrogen (secondary N) is 1. The molecule has 164 valence electrons. The Labute approximate surface area is 184 Å². The third-order valence-corrected chi connectivity index (χ3v) is 6.03. The van der Waals surface area contributed by atoms with Crippen molar-refractivity contribution in [2.75, 3.05) is 37.7 Å². The maximum Gasteiger partial charge on any atom is 0.227 e. The number of hydrogen-bond acceptors (Lipinski definition) is 4. The standard InChI is InChI=1S/C25H31N3O3/c1-19-7-8-23-22(17-19)28(15-16-31-23)25(30)10-9-24(29)26-12-4-13-27-14-11-20-5-2-3-6-21(20)18-27/h2-3,5-8,17H,4,9-16,18H2,1H3,(H,26,29). The number of hydrogen-bond donors (Lipinski definition) is 1. The van der Waals surface area contributed by atoms with Crippen molar-refractivity contribution in [1.82, 2.24) is 10.2 Å². The second-order valence-electron chi connectivity index (χ2n) is 8.36. The molecule has 31 heavy (non-hydrogen) atoms. The Morgan fingerprint density at radius 2 is 1.90 bits per heavy atom. The van der Waals surface area contributed by atoms with Crippen LogP contribution in [0.2, 0.25) is 0 Å². The van der Waals surface area contributed by atoms with Crippen molar-refractivity contribution in [3.63, 3.8) is 0 Å². The second kappa shape index (κ2) is 9.96. The normalized spacial score (nSPS) is 15.6. The number of fused-ring (bicyclic) bond motifs is 2. The van der Waals surface area contributed by atoms with Gasteiger partial charge < -0.3 is 15.0 Å². The van der Waals surface area contributed by atoms with Crippen LogP contribution < -0.4 is 15.0 Å². The Morgan fingerprint density at radius 3 is 2.77 bits per heavy atom. The van der Waals surface area contributed by atoms with Gasteiger partial charge in [-0.3, -0.25) is 14.5 Å². The highest BCUT2D eigenvalue weighted by atomic mass is 16.5. The summed E-state index contributed by atoms with van der Waals surface area (Å²) in [6, 6.07) is 14.5. The highest BCUT2D eigenvalue weighted by molar-refractivity contribution is 5.97. The highest BCUT2D eigenvalue weighted by Crippen LogP contribution is 2.32. The first-order chi connectivity index (χ1) is 15.1. The van der Waals surface area contributed by atoms with Crippen LogP contribution in [0.5, 0.6) is 5.75 Å². The van der Waals surface area contributed by atoms with E-state index in [9.17, 15) is 9.59 Å². The lowest BCUT2D eigenvalue weighted by molar-refractivity contribution is -0.125. The molecule has 0 fully saturated rings. The molecule has 0 saturated carbocycles. The van der Waals surface area contributed by atoms with Crippen molar-refractivity contribution < 1.29 is 14.3 Å². The molecule has 2 amide bonds. The quantitative estimate of drug-likeness (QED) is 0.698. The second-order valence-corrected chi connectivity index (χ2v) is 8.36. The van der Waals surface area contributed by atoms with Gasteiger partial charge in [-0.05, 0) is 48.6 Å². The SMILES string of the molecule is Cc1ccc2c(c1)N(C(=O)CCC(=O)NCCCN1CCc3ccccc3C1)CCO2. The third-order valence-electron chi connectivity index (χ3n) is 6.03. The van der Waals surface area contributed by atoms with Gasteiger partial charge in [0, 0.05) is 39.0 Å². The van der Waals surface area contributed by atoms with Crippen molar-refractivity contribution in [2.45, 2.75) is 39.2 Å². The van der Waals surface area contributed by atoms with E-state index < -0.39 is 0 Å². The number of ether oxygens (including phenoxy) is 1. The predicted molar refractivity (Wildman–Crippen MR) is 121 cm³/mol. The van der Waals surface area contributed by atoms with Gasteiger partial charge in [0.1, 0.15) is 12.4 Å². The zero-order chi connectivity index (χ0) is 21.6. The van der Waals surface area contributed by atoms with Gasteiger partial charge in [-0.1, -0.05) is 30.3 Å². The molecule has 0 spiro atoms. The Bertz CT molecular complexity index is 943. The Balaban J connectivity index is 1.16. The molecule has 0 saturated heterocycles. The first kappa shape index (κ1) is 21.4. The summed E-state index contributed by atoms with van der Waals surface area (Å²) >= 11 is 0. The van der Waals surface area contributed by atoms with E-state index in [1.54, 1.807) is 4.90 Å². The van der Waals surface area contributed by atoms with E-state index in [4.69, 9.17) is 4.74 Å². The van der Waals surface area contributed by atoms with Crippen LogP contribution in [-0.2, 0) is 22.6 Å². The number of amides is 2. The molecule has 2 heterocycles. The van der Waals surface area contributed by atoms with E-state index in [0.29, 0.717) is 19.7 Å². The third kappa shape index (κ3) is 5.44. The number of anilines is 1. The van der Waals surface area contributed by atoms with Crippen LogP contribution in [0.15, 0.2) is 42.5 Å². The molecule has 0 atom stereocenters. The van der Waals surface area contributed by atoms with Gasteiger partial charge in [-0.2, -0.15) is 0 Å². The number of aryl methyl sites for hydroxylation is 1. The fraction of sp³-hybridized carbons (Fsp3) is 0.440. The van der Waals surface area contributed by atoms with Crippen LogP contribution in [0.4, 0.5) is 5.69 Å². The summed E-state index contributed by atoms with van der Waals surface area (Å²) < 4.78 is 5.64. The largest absolute Gasteiger partial charge is 0.490 e. The lowest BCUT2D eigenvalue weighted by atomic mass is 10.00. The first-order valence-electron chi connectivity index (χ1n) is 11.2. The molecular weight excluding hydrogens is 390 g/mol. The molecule has 2 aliphatic heterocycles. The maximum atomic E-state index is 12.7. The molecule has 0 radical (unpaired) electrons. The van der Waals surface area contributed by atoms with E-state index in [2.05, 4.69) is 34.5 Å². The molecule has 2 aliphatic rings. The summed E-state index contributed by atoms with van der Waals surface area (Å²) in [7, 11) is 0. The fourth-order valence-electron chi connectivity index (χ4n) is 4.31. The van der Waals surface area contributed by atoms with Crippen molar-refractivity contribution in [3.05, 3.63) is 59.2 Å². The van der Waals surface area contributed by atoms with E-state index in [1.807, 2.05) is 25.1 Å². The molecule has 6 nitrogen and oxygen atoms in total. The Hall–Kier alpha value is -2.86. The summed E-state index contributed by atoms with van der Waals surface area (Å²) in [5.41, 5.74) is 4.75. The van der Waals surface area contributed by atoms with Gasteiger partial charge in [0.25, 0.3) is 0 Å². The molecule has 6 heteroatoms. The average Bonchev–Trinajstić information content (AvgIpc) is 2.79. The summed E-state index contributed by atoms with van der Waals surface area (Å²) in [5.74, 6) is 0.641. The van der Waals surface area contributed by atoms with E-state index in [1.165, 1.54) is 11.1 Å². The van der Waals surface area contributed by atoms with Crippen LogP contribution in [0.25, 0.3) is 0 Å². The number of carbonyl (C=O) groups excluding carboxylic acids is 2. The van der Waals surface area contributed by atoms with Crippen LogP contribution in [-0.4, -0.2) is 49.5 Å². The summed E-state index contributed by atoms with van der Waals surface area (Å²) in [6.07, 6.45) is 2.43. The monoisotopic (exact) mass is 421 g/mol. The molecule has 0 aliphatic carbocycles. The van der Waals surface area contributed by atoms with Gasteiger partial charge in [0.2, 0.25) is 11.8 Å². The molecule has 0 aromatic heterocycles. The minimum Gasteiger partial charge on any atom is -0.490 e. The molecule has 1 N–H and O–H groups in total. The fourth-order valence-corrected chi connectivity index (χ4v) is 4.31. The smallest absolute Gasteiger partial charge is 0.227 e. The van der Waals surface area contributed by atoms with Crippen LogP contribution in [0.3, 0.4) is 0 Å². The molecule has 0 unspecified atom stereocenters. The van der Waals surface area contributed by atoms with E-state index in [0.717, 1.165) is 49.5 Å². The van der Waals surface area contributed by atoms with Crippen molar-refractivity contribution in [2.24, 2.45) is 0 Å². The summed E-state index contributed by atoms with van der Waals surface area (Å²) in [6.45, 7) is 6.67. The van der Waals surface area contributed by atoms with Gasteiger partial charge >= 0.3 is 0 Å². The topological polar surface area (TPSA) is 61.9 Å². The predicted octanol–water partition coefficient (Wildman–Crippen LogP) is 3.07. The van der Waals surface area contributed by atoms with E-state index in [-0.39, 0.29) is 24.7 Å². The molecule has 2 aromatic carbocycles. The van der Waals surface area contributed by atoms with Crippen LogP contribution in [0.1, 0.15) is 36.0 Å². The average molecular weight is 422 g/mol. The van der Waals surface area contributed by atoms with Crippen LogP contribution >= 0.6 is 0 Å². The highest BCUT2D eigenvalue weighted by Gasteiger charge is 2.24. The first-order valence-corrected chi connectivity index (χ1v) is 11.2. The van der Waals surface area contributed by atoms with Crippen molar-refractivity contribution in [1.29, 1.82) is 0 Å². The Morgan fingerprint density at radius 1 is 1.06 bits per heavy atom. The van der Waals surface area contributed by atoms with Gasteiger partial charge in [-0.25, -0.2) is 0 Å². The van der Waals surface area contributed by atoms with Crippen LogP contribution in [0, 0.1) is 6.92 Å². The minimum atomic E-state index is -0.0601. The van der Waals surface area contributed by atoms with E-state index >= 15 is 0 Å². The van der Waals surface area contributed by atoms with Gasteiger partial charge in [0.15, 0.2) is 0 Å². The zero-order valence-electron chi connectivity index (χ0n) is 18.2. The number of rotatable bonds is 7. The summed E-state index contributed by atoms with van der Waals surface area (Å²) in [4.78, 5) is 29.1. The number of carbonyl (C=O) groups is 2. The van der Waals surface area contributed by atoms with Gasteiger partial charge in [0.05, 0.1) is 12.2 Å². The molecule has 0 bridgehead atoms. The summed E-state index contributed by atoms with van der Waals surface area (Å²) in [5, 5.41) is 2.97. The number of benzene rings is 2. The lowest BCUT2D eigenvalue weighted by Crippen LogP contribution is -2.38. The molecule has 2 aromatic rings. The lowest BCUT2D eigenvalue weighted by Gasteiger charge is -2.30. The molecular formula is C25H31N3O3. The molecule has 4 rings (SSSR count).